The third kappa shape index (κ3) is 18.5. The van der Waals surface area contributed by atoms with E-state index in [1.807, 2.05) is 6.20 Å². The second kappa shape index (κ2) is 30.9. The van der Waals surface area contributed by atoms with Gasteiger partial charge in [-0.05, 0) is 89.2 Å². The van der Waals surface area contributed by atoms with Gasteiger partial charge in [0.15, 0.2) is 0 Å². The molecule has 2 aromatic carbocycles. The first-order chi connectivity index (χ1) is 38.5. The number of hydrogen-bond donors (Lipinski definition) is 5. The molecule has 1 aliphatic carbocycles. The predicted octanol–water partition coefficient (Wildman–Crippen LogP) is 2.86. The van der Waals surface area contributed by atoms with E-state index in [1.165, 1.54) is 42.0 Å². The number of nitro groups is 1. The number of ether oxygens (including phenoxy) is 4. The second-order valence-corrected chi connectivity index (χ2v) is 20.0. The Morgan fingerprint density at radius 3 is 2.10 bits per heavy atom. The summed E-state index contributed by atoms with van der Waals surface area (Å²) in [4.78, 5) is 101. The minimum absolute atomic E-state index is 0.00398. The number of amides is 7. The molecule has 3 heterocycles. The van der Waals surface area contributed by atoms with E-state index in [4.69, 9.17) is 18.9 Å². The van der Waals surface area contributed by atoms with Gasteiger partial charge in [0.1, 0.15) is 30.3 Å². The molecule has 0 spiro atoms. The molecule has 0 bridgehead atoms. The minimum atomic E-state index is -0.986. The highest BCUT2D eigenvalue weighted by Gasteiger charge is 2.30. The van der Waals surface area contributed by atoms with Crippen molar-refractivity contribution >= 4 is 70.3 Å². The molecule has 27 heteroatoms. The van der Waals surface area contributed by atoms with E-state index in [9.17, 15) is 48.9 Å². The van der Waals surface area contributed by atoms with Crippen molar-refractivity contribution in [3.63, 3.8) is 0 Å². The van der Waals surface area contributed by atoms with Gasteiger partial charge in [0, 0.05) is 67.8 Å². The third-order valence-electron chi connectivity index (χ3n) is 12.8. The number of anilines is 2. The van der Waals surface area contributed by atoms with Gasteiger partial charge in [-0.15, -0.1) is 5.10 Å². The van der Waals surface area contributed by atoms with Gasteiger partial charge in [-0.2, -0.15) is 5.26 Å². The molecular weight excluding hydrogens is 1060 g/mol. The average Bonchev–Trinajstić information content (AvgIpc) is 4.21. The van der Waals surface area contributed by atoms with Crippen molar-refractivity contribution in [2.24, 2.45) is 13.0 Å². The highest BCUT2D eigenvalue weighted by atomic mass is 32.2. The molecule has 80 heavy (non-hydrogen) atoms. The molecule has 0 saturated heterocycles. The molecule has 2 atom stereocenters. The Kier molecular flexibility index (Phi) is 23.7. The number of imide groups is 1. The molecule has 6 rings (SSSR count). The molecule has 1 saturated carbocycles. The van der Waals surface area contributed by atoms with Crippen LogP contribution in [0.4, 0.5) is 17.2 Å². The quantitative estimate of drug-likeness (QED) is 0.0154. The molecule has 7 amide bonds. The van der Waals surface area contributed by atoms with Crippen LogP contribution in [-0.2, 0) is 61.3 Å². The Labute approximate surface area is 465 Å². The molecule has 0 unspecified atom stereocenters. The van der Waals surface area contributed by atoms with Crippen LogP contribution in [0.1, 0.15) is 92.3 Å². The Hall–Kier alpha value is -8.03. The fourth-order valence-electron chi connectivity index (χ4n) is 8.41. The van der Waals surface area contributed by atoms with Crippen molar-refractivity contribution in [2.45, 2.75) is 93.9 Å². The van der Waals surface area contributed by atoms with E-state index in [1.54, 1.807) is 55.8 Å². The zero-order valence-corrected chi connectivity index (χ0v) is 45.8. The topological polar surface area (TPSA) is 334 Å². The van der Waals surface area contributed by atoms with Crippen LogP contribution in [-0.4, -0.2) is 149 Å². The van der Waals surface area contributed by atoms with Crippen LogP contribution in [0.2, 0.25) is 0 Å². The minimum Gasteiger partial charge on any atom is -0.379 e. The summed E-state index contributed by atoms with van der Waals surface area (Å²) in [5.41, 5.74) is 2.00. The van der Waals surface area contributed by atoms with Crippen molar-refractivity contribution in [1.29, 1.82) is 5.26 Å². The lowest BCUT2D eigenvalue weighted by molar-refractivity contribution is -0.674. The van der Waals surface area contributed by atoms with Crippen LogP contribution in [0.5, 0.6) is 0 Å². The second-order valence-electron chi connectivity index (χ2n) is 19.0. The molecular formula is C53H66N13O13S+. The number of carbonyl (C=O) groups excluding carboxylic acids is 7. The number of nitriles is 1. The largest absolute Gasteiger partial charge is 0.379 e. The summed E-state index contributed by atoms with van der Waals surface area (Å²) < 4.78 is 25.1. The lowest BCUT2D eigenvalue weighted by Crippen LogP contribution is -2.53. The van der Waals surface area contributed by atoms with Crippen LogP contribution >= 0.6 is 11.8 Å². The van der Waals surface area contributed by atoms with Crippen LogP contribution in [0, 0.1) is 27.4 Å². The maximum absolute atomic E-state index is 14.1. The van der Waals surface area contributed by atoms with E-state index >= 15 is 0 Å². The van der Waals surface area contributed by atoms with Gasteiger partial charge in [0.25, 0.3) is 17.5 Å². The van der Waals surface area contributed by atoms with Gasteiger partial charge >= 0.3 is 11.7 Å². The summed E-state index contributed by atoms with van der Waals surface area (Å²) in [5, 5.41) is 47.8. The lowest BCUT2D eigenvalue weighted by atomic mass is 9.97. The number of benzene rings is 2. The zero-order valence-electron chi connectivity index (χ0n) is 45.0. The van der Waals surface area contributed by atoms with Crippen molar-refractivity contribution in [2.75, 3.05) is 76.6 Å². The number of carbonyl (C=O) groups is 7. The molecule has 1 fully saturated rings. The highest BCUT2D eigenvalue weighted by molar-refractivity contribution is 7.99. The fraction of sp³-hybridized carbons (Fsp3) is 0.472. The SMILES string of the molecule is CC(C)[C@H](NC(=O)CCOCCOCCOCCOCCNC(=O)CCN1C(=O)C=CC1=O)C(=O)N[C@@H](C)C(=O)Nc1ccc(C[n+]2cc(C3CCCC3)cc(C#N)c2NC(=O)c2cc([N+](=O)[O-])ccc2Sc2nnnn2C)cc1. The van der Waals surface area contributed by atoms with Gasteiger partial charge in [-0.3, -0.25) is 43.8 Å². The van der Waals surface area contributed by atoms with Gasteiger partial charge < -0.3 is 40.2 Å². The zero-order chi connectivity index (χ0) is 57.6. The number of rotatable bonds is 32. The Morgan fingerprint density at radius 2 is 1.49 bits per heavy atom. The van der Waals surface area contributed by atoms with Crippen molar-refractivity contribution < 1.29 is 62.0 Å². The fourth-order valence-corrected chi connectivity index (χ4v) is 9.25. The van der Waals surface area contributed by atoms with E-state index in [0.29, 0.717) is 42.2 Å². The lowest BCUT2D eigenvalue weighted by Gasteiger charge is -2.24. The Balaban J connectivity index is 0.908. The molecule has 5 N–H and O–H groups in total. The Morgan fingerprint density at radius 1 is 0.838 bits per heavy atom. The van der Waals surface area contributed by atoms with Gasteiger partial charge in [0.05, 0.1) is 69.5 Å². The highest BCUT2D eigenvalue weighted by Crippen LogP contribution is 2.35. The number of hydrogen-bond acceptors (Lipinski definition) is 18. The number of aromatic nitrogens is 5. The Bertz CT molecular complexity index is 2910. The maximum Gasteiger partial charge on any atom is 0.340 e. The van der Waals surface area contributed by atoms with Crippen LogP contribution in [0.15, 0.2) is 76.9 Å². The summed E-state index contributed by atoms with van der Waals surface area (Å²) >= 11 is 1.05. The summed E-state index contributed by atoms with van der Waals surface area (Å²) in [7, 11) is 1.62. The van der Waals surface area contributed by atoms with E-state index in [0.717, 1.165) is 53.5 Å². The summed E-state index contributed by atoms with van der Waals surface area (Å²) in [5.74, 6) is -3.23. The van der Waals surface area contributed by atoms with E-state index in [2.05, 4.69) is 48.2 Å². The average molecular weight is 1130 g/mol. The standard InChI is InChI=1S/C53H65N13O13S/c1-34(2)48(58-45(68)18-21-76-23-25-78-27-28-79-26-24-77-22-19-55-44(67)17-20-65-46(69)15-16-47(65)70)52(73)56-35(3)50(71)57-40-11-9-36(10-12-40)32-64-33-39(37-7-5-6-8-37)29-38(31-54)49(64)59-51(72)42-30-41(66(74)75)13-14-43(42)80-53-60-61-62-63(53)4/h9-16,29-30,33-35,37,48H,5-8,17-28,32H2,1-4H3,(H4,55,56,57,58,67,68,71,73)/p+1/t35-,48-/m0/s1. The molecule has 2 aliphatic rings. The number of nitrogens with zero attached hydrogens (tertiary/aromatic N) is 8. The molecule has 26 nitrogen and oxygen atoms in total. The molecule has 4 aromatic rings. The number of aryl methyl sites for hydroxylation is 1. The molecule has 1 aliphatic heterocycles. The molecule has 0 radical (unpaired) electrons. The van der Waals surface area contributed by atoms with Crippen molar-refractivity contribution in [1.82, 2.24) is 41.1 Å². The van der Waals surface area contributed by atoms with Crippen molar-refractivity contribution in [3.8, 4) is 6.07 Å². The monoisotopic (exact) mass is 1120 g/mol. The maximum atomic E-state index is 14.1. The summed E-state index contributed by atoms with van der Waals surface area (Å²) in [6, 6.07) is 12.9. The smallest absolute Gasteiger partial charge is 0.340 e. The first-order valence-corrected chi connectivity index (χ1v) is 26.9. The third-order valence-corrected chi connectivity index (χ3v) is 13.9. The van der Waals surface area contributed by atoms with Gasteiger partial charge in [-0.1, -0.05) is 38.8 Å². The number of nitrogens with one attached hydrogen (secondary N) is 5. The normalized spacial score (nSPS) is 14.0. The van der Waals surface area contributed by atoms with Crippen LogP contribution in [0.3, 0.4) is 0 Å². The first kappa shape index (κ1) is 61.2. The van der Waals surface area contributed by atoms with Crippen LogP contribution < -0.4 is 31.2 Å². The molecule has 426 valence electrons. The van der Waals surface area contributed by atoms with Crippen LogP contribution in [0.25, 0.3) is 0 Å². The number of nitro benzene ring substituents is 1. The first-order valence-electron chi connectivity index (χ1n) is 26.1. The predicted molar refractivity (Wildman–Crippen MR) is 286 cm³/mol. The van der Waals surface area contributed by atoms with Crippen molar-refractivity contribution in [3.05, 3.63) is 99.2 Å². The van der Waals surface area contributed by atoms with Gasteiger partial charge in [-0.25, -0.2) is 19.4 Å². The number of pyridine rings is 1. The summed E-state index contributed by atoms with van der Waals surface area (Å²) in [6.45, 7) is 7.62. The number of tetrazole rings is 1. The van der Waals surface area contributed by atoms with E-state index in [-0.39, 0.29) is 99.3 Å². The number of non-ortho nitro benzene ring substituents is 1. The van der Waals surface area contributed by atoms with E-state index < -0.39 is 52.5 Å². The summed E-state index contributed by atoms with van der Waals surface area (Å²) in [6.07, 6.45) is 8.23. The molecule has 2 aromatic heterocycles. The van der Waals surface area contributed by atoms with Gasteiger partial charge in [0.2, 0.25) is 28.8 Å².